The molecule has 6 nitrogen and oxygen atoms in total. The minimum Gasteiger partial charge on any atom is -0.481 e. The molecule has 0 unspecified atom stereocenters. The lowest BCUT2D eigenvalue weighted by molar-refractivity contribution is -0.152. The van der Waals surface area contributed by atoms with E-state index in [0.29, 0.717) is 0 Å². The topological polar surface area (TPSA) is 107 Å². The highest BCUT2D eigenvalue weighted by atomic mass is 16.4. The summed E-state index contributed by atoms with van der Waals surface area (Å²) in [7, 11) is 0. The summed E-state index contributed by atoms with van der Waals surface area (Å²) in [5.41, 5.74) is 1.21. The van der Waals surface area contributed by atoms with E-state index in [0.717, 1.165) is 0 Å². The first kappa shape index (κ1) is 13.4. The van der Waals surface area contributed by atoms with Gasteiger partial charge in [0.2, 0.25) is 0 Å². The summed E-state index contributed by atoms with van der Waals surface area (Å²) >= 11 is 0. The maximum Gasteiger partial charge on any atom is 0.372 e. The summed E-state index contributed by atoms with van der Waals surface area (Å²) in [6.45, 7) is 0. The van der Waals surface area contributed by atoms with E-state index in [-0.39, 0.29) is 0 Å². The molecular weight excluding hydrogens is 238 g/mol. The van der Waals surface area contributed by atoms with Gasteiger partial charge in [-0.3, -0.25) is 9.59 Å². The summed E-state index contributed by atoms with van der Waals surface area (Å²) in [5, 5.41) is 16.9. The molecule has 2 aromatic rings. The van der Waals surface area contributed by atoms with Crippen LogP contribution in [0.4, 0.5) is 0 Å². The highest BCUT2D eigenvalue weighted by Crippen LogP contribution is 2.09. The Kier molecular flexibility index (Phi) is 4.62. The number of carboxylic acid groups (broad SMARTS) is 2. The average molecular weight is 249 g/mol. The van der Waals surface area contributed by atoms with E-state index in [9.17, 15) is 14.4 Å². The van der Waals surface area contributed by atoms with Crippen LogP contribution in [0.15, 0.2) is 36.5 Å². The Bertz CT molecular complexity index is 542. The number of carbonyl (C=O) groups is 3. The fourth-order valence-corrected chi connectivity index (χ4v) is 1.21. The van der Waals surface area contributed by atoms with Crippen LogP contribution < -0.4 is 0 Å². The largest absolute Gasteiger partial charge is 0.481 e. The van der Waals surface area contributed by atoms with Crippen LogP contribution in [0.2, 0.25) is 0 Å². The Morgan fingerprint density at radius 1 is 1.06 bits per heavy atom. The number of carbonyl (C=O) groups excluding carboxylic acids is 1. The van der Waals surface area contributed by atoms with Crippen molar-refractivity contribution in [1.82, 2.24) is 4.98 Å². The fourth-order valence-electron chi connectivity index (χ4n) is 1.21. The maximum atomic E-state index is 9.97. The van der Waals surface area contributed by atoms with E-state index in [1.807, 2.05) is 18.3 Å². The molecule has 18 heavy (non-hydrogen) atoms. The predicted octanol–water partition coefficient (Wildman–Crippen LogP) is 1.28. The van der Waals surface area contributed by atoms with E-state index in [1.54, 1.807) is 0 Å². The van der Waals surface area contributed by atoms with Gasteiger partial charge in [-0.2, -0.15) is 0 Å². The molecule has 1 heterocycles. The van der Waals surface area contributed by atoms with Crippen molar-refractivity contribution in [2.45, 2.75) is 6.42 Å². The van der Waals surface area contributed by atoms with Crippen molar-refractivity contribution < 1.29 is 24.6 Å². The summed E-state index contributed by atoms with van der Waals surface area (Å²) in [6, 6.07) is 10.3. The summed E-state index contributed by atoms with van der Waals surface area (Å²) in [6.07, 6.45) is 1.000. The molecule has 1 aromatic carbocycles. The molecule has 2 rings (SSSR count). The Balaban J connectivity index is 0.000000180. The minimum atomic E-state index is -1.71. The molecule has 0 saturated carbocycles. The molecule has 0 spiro atoms. The van der Waals surface area contributed by atoms with Gasteiger partial charge >= 0.3 is 11.9 Å². The number of para-hydroxylation sites is 1. The zero-order valence-electron chi connectivity index (χ0n) is 9.29. The average Bonchev–Trinajstić information content (AvgIpc) is 2.76. The van der Waals surface area contributed by atoms with Gasteiger partial charge in [-0.1, -0.05) is 18.2 Å². The van der Waals surface area contributed by atoms with Gasteiger partial charge in [-0.05, 0) is 17.5 Å². The van der Waals surface area contributed by atoms with Gasteiger partial charge in [-0.25, -0.2) is 4.79 Å². The fraction of sp³-hybridized carbons (Fsp3) is 0.0833. The third kappa shape index (κ3) is 4.09. The van der Waals surface area contributed by atoms with Gasteiger partial charge in [0.05, 0.1) is 0 Å². The summed E-state index contributed by atoms with van der Waals surface area (Å²) in [4.78, 5) is 32.3. The molecule has 0 atom stereocenters. The first-order valence-electron chi connectivity index (χ1n) is 5.00. The highest BCUT2D eigenvalue weighted by Gasteiger charge is 2.14. The zero-order chi connectivity index (χ0) is 13.5. The minimum absolute atomic E-state index is 0.949. The van der Waals surface area contributed by atoms with Crippen molar-refractivity contribution in [3.8, 4) is 0 Å². The number of H-pyrrole nitrogens is 1. The van der Waals surface area contributed by atoms with Gasteiger partial charge in [0.15, 0.2) is 0 Å². The first-order chi connectivity index (χ1) is 8.50. The standard InChI is InChI=1S/C8H7N.C4H4O5/c1-2-4-8-7(3-1)5-6-9-8;5-2(4(8)9)1-3(6)7/h1-6,9H;1H2,(H,6,7)(H,8,9). The van der Waals surface area contributed by atoms with Gasteiger partial charge in [0.1, 0.15) is 6.42 Å². The third-order valence-electron chi connectivity index (χ3n) is 2.01. The zero-order valence-corrected chi connectivity index (χ0v) is 9.29. The Morgan fingerprint density at radius 3 is 2.22 bits per heavy atom. The van der Waals surface area contributed by atoms with Gasteiger partial charge in [0, 0.05) is 11.7 Å². The van der Waals surface area contributed by atoms with E-state index >= 15 is 0 Å². The Morgan fingerprint density at radius 2 is 1.72 bits per heavy atom. The molecule has 0 aliphatic heterocycles. The molecule has 6 heteroatoms. The van der Waals surface area contributed by atoms with E-state index < -0.39 is 24.1 Å². The second-order valence-electron chi connectivity index (χ2n) is 3.36. The van der Waals surface area contributed by atoms with Crippen LogP contribution in [0, 0.1) is 0 Å². The normalized spacial score (nSPS) is 9.33. The third-order valence-corrected chi connectivity index (χ3v) is 2.01. The van der Waals surface area contributed by atoms with E-state index in [1.165, 1.54) is 10.9 Å². The number of hydrogen-bond acceptors (Lipinski definition) is 3. The number of fused-ring (bicyclic) bond motifs is 1. The molecule has 0 amide bonds. The van der Waals surface area contributed by atoms with Crippen LogP contribution in [0.1, 0.15) is 6.42 Å². The molecule has 3 N–H and O–H groups in total. The van der Waals surface area contributed by atoms with Crippen molar-refractivity contribution in [3.63, 3.8) is 0 Å². The number of aromatic amines is 1. The first-order valence-corrected chi connectivity index (χ1v) is 5.00. The van der Waals surface area contributed by atoms with Crippen LogP contribution in [-0.4, -0.2) is 32.9 Å². The molecule has 0 fully saturated rings. The van der Waals surface area contributed by atoms with Crippen molar-refractivity contribution >= 4 is 28.6 Å². The lowest BCUT2D eigenvalue weighted by Gasteiger charge is -1.85. The van der Waals surface area contributed by atoms with Crippen LogP contribution in [0.3, 0.4) is 0 Å². The number of carboxylic acids is 2. The monoisotopic (exact) mass is 249 g/mol. The number of ketones is 1. The lowest BCUT2D eigenvalue weighted by atomic mass is 10.3. The summed E-state index contributed by atoms with van der Waals surface area (Å²) < 4.78 is 0. The van der Waals surface area contributed by atoms with Crippen LogP contribution in [0.5, 0.6) is 0 Å². The maximum absolute atomic E-state index is 9.97. The smallest absolute Gasteiger partial charge is 0.372 e. The lowest BCUT2D eigenvalue weighted by Crippen LogP contribution is -2.16. The number of rotatable bonds is 3. The molecule has 1 aromatic heterocycles. The van der Waals surface area contributed by atoms with Gasteiger partial charge in [0.25, 0.3) is 5.78 Å². The summed E-state index contributed by atoms with van der Waals surface area (Å²) in [5.74, 6) is -4.44. The number of aromatic nitrogens is 1. The van der Waals surface area contributed by atoms with Crippen molar-refractivity contribution in [3.05, 3.63) is 36.5 Å². The molecule has 0 bridgehead atoms. The number of Topliss-reactive ketones (excluding diaryl/α,β-unsaturated/α-hetero) is 1. The van der Waals surface area contributed by atoms with Gasteiger partial charge in [-0.15, -0.1) is 0 Å². The number of nitrogens with one attached hydrogen (secondary N) is 1. The second-order valence-corrected chi connectivity index (χ2v) is 3.36. The number of benzene rings is 1. The molecule has 0 aliphatic rings. The Hall–Kier alpha value is -2.63. The quantitative estimate of drug-likeness (QED) is 0.561. The predicted molar refractivity (Wildman–Crippen MR) is 63.2 cm³/mol. The van der Waals surface area contributed by atoms with Crippen LogP contribution >= 0.6 is 0 Å². The highest BCUT2D eigenvalue weighted by molar-refractivity contribution is 6.35. The van der Waals surface area contributed by atoms with Crippen LogP contribution in [-0.2, 0) is 14.4 Å². The molecule has 0 aliphatic carbocycles. The van der Waals surface area contributed by atoms with Crippen molar-refractivity contribution in [2.75, 3.05) is 0 Å². The molecule has 94 valence electrons. The molecule has 0 saturated heterocycles. The van der Waals surface area contributed by atoms with Gasteiger partial charge < -0.3 is 15.2 Å². The van der Waals surface area contributed by atoms with Crippen molar-refractivity contribution in [2.24, 2.45) is 0 Å². The van der Waals surface area contributed by atoms with E-state index in [2.05, 4.69) is 23.2 Å². The number of hydrogen-bond donors (Lipinski definition) is 3. The molecular formula is C12H11NO5. The second kappa shape index (κ2) is 6.19. The SMILES string of the molecule is O=C(O)CC(=O)C(=O)O.c1ccc2[nH]ccc2c1. The molecule has 0 radical (unpaired) electrons. The Labute approximate surface area is 102 Å². The van der Waals surface area contributed by atoms with Crippen molar-refractivity contribution in [1.29, 1.82) is 0 Å². The van der Waals surface area contributed by atoms with E-state index in [4.69, 9.17) is 10.2 Å². The van der Waals surface area contributed by atoms with Crippen LogP contribution in [0.25, 0.3) is 10.9 Å². The number of aliphatic carboxylic acids is 2.